The molecule has 0 saturated carbocycles. The maximum atomic E-state index is 12.4. The van der Waals surface area contributed by atoms with Crippen molar-refractivity contribution in [2.24, 2.45) is 0 Å². The summed E-state index contributed by atoms with van der Waals surface area (Å²) in [5, 5.41) is 6.70. The number of halogens is 1. The van der Waals surface area contributed by atoms with Crippen LogP contribution < -0.4 is 10.2 Å². The average molecular weight is 399 g/mol. The quantitative estimate of drug-likeness (QED) is 0.712. The zero-order valence-electron chi connectivity index (χ0n) is 15.0. The van der Waals surface area contributed by atoms with Crippen molar-refractivity contribution in [3.63, 3.8) is 0 Å². The molecule has 2 heterocycles. The molecule has 1 aliphatic heterocycles. The van der Waals surface area contributed by atoms with Crippen LogP contribution >= 0.6 is 12.4 Å². The van der Waals surface area contributed by atoms with Crippen molar-refractivity contribution in [2.45, 2.75) is 19.4 Å². The Kier molecular flexibility index (Phi) is 6.06. The van der Waals surface area contributed by atoms with Gasteiger partial charge in [-0.2, -0.15) is 4.98 Å². The summed E-state index contributed by atoms with van der Waals surface area (Å²) in [7, 11) is 0. The van der Waals surface area contributed by atoms with E-state index >= 15 is 0 Å². The van der Waals surface area contributed by atoms with Crippen LogP contribution in [0.3, 0.4) is 0 Å². The van der Waals surface area contributed by atoms with Gasteiger partial charge in [-0.25, -0.2) is 0 Å². The molecule has 0 spiro atoms. The smallest absolute Gasteiger partial charge is 0.251 e. The van der Waals surface area contributed by atoms with Crippen molar-refractivity contribution in [3.8, 4) is 11.4 Å². The molecule has 0 aliphatic carbocycles. The molecule has 1 N–H and O–H groups in total. The predicted molar refractivity (Wildman–Crippen MR) is 106 cm³/mol. The van der Waals surface area contributed by atoms with E-state index in [0.717, 1.165) is 17.7 Å². The Morgan fingerprint density at radius 3 is 2.71 bits per heavy atom. The van der Waals surface area contributed by atoms with Crippen molar-refractivity contribution in [1.82, 2.24) is 15.5 Å². The Labute approximate surface area is 168 Å². The van der Waals surface area contributed by atoms with Crippen LogP contribution in [0.5, 0.6) is 0 Å². The van der Waals surface area contributed by atoms with Gasteiger partial charge in [-0.15, -0.1) is 12.4 Å². The van der Waals surface area contributed by atoms with E-state index in [1.807, 2.05) is 36.4 Å². The van der Waals surface area contributed by atoms with E-state index < -0.39 is 0 Å². The van der Waals surface area contributed by atoms with Gasteiger partial charge in [-0.3, -0.25) is 9.59 Å². The first-order valence-corrected chi connectivity index (χ1v) is 8.77. The van der Waals surface area contributed by atoms with Crippen molar-refractivity contribution in [1.29, 1.82) is 0 Å². The van der Waals surface area contributed by atoms with E-state index in [1.165, 1.54) is 0 Å². The summed E-state index contributed by atoms with van der Waals surface area (Å²) in [6.07, 6.45) is 1.40. The third-order valence-electron chi connectivity index (χ3n) is 4.39. The number of nitrogens with one attached hydrogen (secondary N) is 1. The van der Waals surface area contributed by atoms with Crippen LogP contribution in [-0.2, 0) is 11.3 Å². The lowest BCUT2D eigenvalue weighted by atomic mass is 10.1. The number of nitrogens with zero attached hydrogens (tertiary/aromatic N) is 3. The molecule has 0 bridgehead atoms. The maximum Gasteiger partial charge on any atom is 0.251 e. The number of hydrogen-bond acceptors (Lipinski definition) is 5. The van der Waals surface area contributed by atoms with Crippen LogP contribution in [0.4, 0.5) is 5.69 Å². The molecule has 144 valence electrons. The lowest BCUT2D eigenvalue weighted by molar-refractivity contribution is -0.117. The van der Waals surface area contributed by atoms with E-state index in [2.05, 4.69) is 15.5 Å². The van der Waals surface area contributed by atoms with Gasteiger partial charge >= 0.3 is 0 Å². The van der Waals surface area contributed by atoms with Crippen LogP contribution in [0.25, 0.3) is 11.4 Å². The Balaban J connectivity index is 0.00000225. The highest BCUT2D eigenvalue weighted by molar-refractivity contribution is 5.99. The summed E-state index contributed by atoms with van der Waals surface area (Å²) in [4.78, 5) is 30.3. The Morgan fingerprint density at radius 1 is 1.14 bits per heavy atom. The number of carbonyl (C=O) groups excluding carboxylic acids is 2. The van der Waals surface area contributed by atoms with E-state index in [1.54, 1.807) is 23.1 Å². The highest BCUT2D eigenvalue weighted by atomic mass is 35.5. The van der Waals surface area contributed by atoms with Gasteiger partial charge in [0.15, 0.2) is 0 Å². The summed E-state index contributed by atoms with van der Waals surface area (Å²) in [6.45, 7) is 0.819. The van der Waals surface area contributed by atoms with E-state index in [0.29, 0.717) is 30.2 Å². The van der Waals surface area contributed by atoms with Gasteiger partial charge < -0.3 is 14.7 Å². The number of carbonyl (C=O) groups is 2. The molecule has 2 amide bonds. The van der Waals surface area contributed by atoms with Crippen LogP contribution in [0, 0.1) is 0 Å². The molecule has 2 aromatic carbocycles. The standard InChI is InChI=1S/C20H18N4O3.ClH/c25-18-10-5-11-24(18)16-9-4-8-15(12-16)20(26)21-13-17-22-19(23-27-17)14-6-2-1-3-7-14;/h1-4,6-9,12H,5,10-11,13H2,(H,21,26);1H. The summed E-state index contributed by atoms with van der Waals surface area (Å²) in [5.41, 5.74) is 2.08. The van der Waals surface area contributed by atoms with E-state index in [4.69, 9.17) is 4.52 Å². The normalized spacial score (nSPS) is 13.3. The second-order valence-electron chi connectivity index (χ2n) is 6.26. The van der Waals surface area contributed by atoms with Crippen LogP contribution in [0.15, 0.2) is 59.1 Å². The molecule has 1 aliphatic rings. The highest BCUT2D eigenvalue weighted by Gasteiger charge is 2.22. The van der Waals surface area contributed by atoms with Crippen molar-refractivity contribution >= 4 is 29.9 Å². The average Bonchev–Trinajstić information content (AvgIpc) is 3.36. The zero-order chi connectivity index (χ0) is 18.6. The number of amides is 2. The molecule has 8 heteroatoms. The van der Waals surface area contributed by atoms with Crippen LogP contribution in [-0.4, -0.2) is 28.5 Å². The largest absolute Gasteiger partial charge is 0.343 e. The fourth-order valence-corrected chi connectivity index (χ4v) is 3.03. The molecule has 4 rings (SSSR count). The lowest BCUT2D eigenvalue weighted by Gasteiger charge is -2.16. The second kappa shape index (κ2) is 8.67. The monoisotopic (exact) mass is 398 g/mol. The molecule has 3 aromatic rings. The zero-order valence-corrected chi connectivity index (χ0v) is 15.8. The second-order valence-corrected chi connectivity index (χ2v) is 6.26. The van der Waals surface area contributed by atoms with Gasteiger partial charge in [0.2, 0.25) is 17.6 Å². The third kappa shape index (κ3) is 4.20. The van der Waals surface area contributed by atoms with Crippen LogP contribution in [0.1, 0.15) is 29.1 Å². The summed E-state index contributed by atoms with van der Waals surface area (Å²) < 4.78 is 5.20. The molecule has 0 unspecified atom stereocenters. The lowest BCUT2D eigenvalue weighted by Crippen LogP contribution is -2.25. The summed E-state index contributed by atoms with van der Waals surface area (Å²) >= 11 is 0. The molecule has 28 heavy (non-hydrogen) atoms. The van der Waals surface area contributed by atoms with Crippen LogP contribution in [0.2, 0.25) is 0 Å². The van der Waals surface area contributed by atoms with Gasteiger partial charge in [0.05, 0.1) is 6.54 Å². The first-order chi connectivity index (χ1) is 13.2. The first kappa shape index (κ1) is 19.6. The van der Waals surface area contributed by atoms with Crippen molar-refractivity contribution < 1.29 is 14.1 Å². The van der Waals surface area contributed by atoms with E-state index in [9.17, 15) is 9.59 Å². The fraction of sp³-hybridized carbons (Fsp3) is 0.200. The van der Waals surface area contributed by atoms with Gasteiger partial charge in [0.1, 0.15) is 0 Å². The van der Waals surface area contributed by atoms with Gasteiger partial charge in [-0.05, 0) is 24.6 Å². The molecular weight excluding hydrogens is 380 g/mol. The minimum absolute atomic E-state index is 0. The molecule has 1 aromatic heterocycles. The maximum absolute atomic E-state index is 12.4. The summed E-state index contributed by atoms with van der Waals surface area (Å²) in [5.74, 6) is 0.636. The first-order valence-electron chi connectivity index (χ1n) is 8.77. The predicted octanol–water partition coefficient (Wildman–Crippen LogP) is 3.22. The molecule has 1 fully saturated rings. The topological polar surface area (TPSA) is 88.3 Å². The Hall–Kier alpha value is -3.19. The summed E-state index contributed by atoms with van der Waals surface area (Å²) in [6, 6.07) is 16.5. The molecule has 1 saturated heterocycles. The Bertz CT molecular complexity index is 974. The van der Waals surface area contributed by atoms with Crippen molar-refractivity contribution in [2.75, 3.05) is 11.4 Å². The minimum atomic E-state index is -0.261. The number of aromatic nitrogens is 2. The van der Waals surface area contributed by atoms with Gasteiger partial charge in [-0.1, -0.05) is 41.6 Å². The number of anilines is 1. The molecular formula is C20H19ClN4O3. The number of hydrogen-bond donors (Lipinski definition) is 1. The van der Waals surface area contributed by atoms with Gasteiger partial charge in [0.25, 0.3) is 5.91 Å². The SMILES string of the molecule is Cl.O=C(NCc1nc(-c2ccccc2)no1)c1cccc(N2CCCC2=O)c1. The third-order valence-corrected chi connectivity index (χ3v) is 4.39. The Morgan fingerprint density at radius 2 is 1.96 bits per heavy atom. The molecule has 0 atom stereocenters. The number of rotatable bonds is 5. The highest BCUT2D eigenvalue weighted by Crippen LogP contribution is 2.22. The molecule has 7 nitrogen and oxygen atoms in total. The number of benzene rings is 2. The minimum Gasteiger partial charge on any atom is -0.343 e. The van der Waals surface area contributed by atoms with E-state index in [-0.39, 0.29) is 30.8 Å². The van der Waals surface area contributed by atoms with Crippen molar-refractivity contribution in [3.05, 3.63) is 66.1 Å². The molecule has 0 radical (unpaired) electrons. The fourth-order valence-electron chi connectivity index (χ4n) is 3.03. The van der Waals surface area contributed by atoms with Gasteiger partial charge in [0, 0.05) is 29.8 Å².